The second-order valence-electron chi connectivity index (χ2n) is 6.45. The first-order valence-corrected chi connectivity index (χ1v) is 9.79. The number of hydrogen-bond donors (Lipinski definition) is 2. The molecule has 0 aliphatic carbocycles. The minimum atomic E-state index is -4.63. The van der Waals surface area contributed by atoms with E-state index in [0.29, 0.717) is 18.8 Å². The van der Waals surface area contributed by atoms with E-state index in [-0.39, 0.29) is 6.54 Å². The summed E-state index contributed by atoms with van der Waals surface area (Å²) >= 11 is 0. The molecule has 10 heteroatoms. The number of pyridine rings is 1. The molecule has 0 radical (unpaired) electrons. The third kappa shape index (κ3) is 4.80. The van der Waals surface area contributed by atoms with E-state index in [1.165, 1.54) is 13.8 Å². The molecule has 0 saturated heterocycles. The van der Waals surface area contributed by atoms with Gasteiger partial charge in [-0.3, -0.25) is 4.79 Å². The topological polar surface area (TPSA) is 88.2 Å². The fourth-order valence-corrected chi connectivity index (χ4v) is 3.52. The molecule has 1 heterocycles. The molecule has 1 aromatic heterocycles. The maximum absolute atomic E-state index is 12.7. The number of benzene rings is 1. The number of sulfone groups is 1. The molecular formula is C18H20F3N3O3S. The Bertz CT molecular complexity index is 913. The summed E-state index contributed by atoms with van der Waals surface area (Å²) in [7, 11) is -4.30. The molecule has 0 aliphatic rings. The van der Waals surface area contributed by atoms with Gasteiger partial charge >= 0.3 is 6.18 Å². The largest absolute Gasteiger partial charge is 0.417 e. The Labute approximate surface area is 161 Å². The molecule has 2 N–H and O–H groups in total. The average molecular weight is 415 g/mol. The molecule has 2 rings (SSSR count). The van der Waals surface area contributed by atoms with Crippen molar-refractivity contribution in [1.82, 2.24) is 10.3 Å². The number of nitrogens with one attached hydrogen (secondary N) is 2. The van der Waals surface area contributed by atoms with Crippen molar-refractivity contribution in [1.29, 1.82) is 0 Å². The van der Waals surface area contributed by atoms with Gasteiger partial charge in [0.25, 0.3) is 0 Å². The van der Waals surface area contributed by atoms with Crippen LogP contribution in [-0.2, 0) is 20.8 Å². The lowest BCUT2D eigenvalue weighted by Gasteiger charge is -2.23. The van der Waals surface area contributed by atoms with Crippen molar-refractivity contribution in [2.75, 3.05) is 18.4 Å². The molecule has 152 valence electrons. The highest BCUT2D eigenvalue weighted by atomic mass is 32.2. The summed E-state index contributed by atoms with van der Waals surface area (Å²) in [6.45, 7) is 2.89. The standard InChI is InChI=1S/C18H20F3N3O3S/c1-17(2,16(25)23-11-10-22-14-6-4-3-5-7-14)28(26,27)15-9-8-13(12-24-15)18(19,20)21/h3-9,12,22H,10-11H2,1-2H3,(H,23,25). The lowest BCUT2D eigenvalue weighted by Crippen LogP contribution is -2.49. The van der Waals surface area contributed by atoms with Crippen LogP contribution < -0.4 is 10.6 Å². The van der Waals surface area contributed by atoms with Crippen LogP contribution in [0.3, 0.4) is 0 Å². The maximum atomic E-state index is 12.7. The molecule has 1 amide bonds. The van der Waals surface area contributed by atoms with Gasteiger partial charge in [-0.05, 0) is 38.1 Å². The van der Waals surface area contributed by atoms with Gasteiger partial charge < -0.3 is 10.6 Å². The van der Waals surface area contributed by atoms with Crippen molar-refractivity contribution in [2.24, 2.45) is 0 Å². The van der Waals surface area contributed by atoms with Gasteiger partial charge in [-0.2, -0.15) is 13.2 Å². The molecule has 0 bridgehead atoms. The van der Waals surface area contributed by atoms with Crippen LogP contribution in [0.15, 0.2) is 53.7 Å². The van der Waals surface area contributed by atoms with Gasteiger partial charge in [-0.25, -0.2) is 13.4 Å². The van der Waals surface area contributed by atoms with Crippen LogP contribution in [0.4, 0.5) is 18.9 Å². The number of halogens is 3. The summed E-state index contributed by atoms with van der Waals surface area (Å²) in [5, 5.41) is 4.98. The summed E-state index contributed by atoms with van der Waals surface area (Å²) in [4.78, 5) is 15.8. The highest BCUT2D eigenvalue weighted by molar-refractivity contribution is 7.93. The van der Waals surface area contributed by atoms with E-state index >= 15 is 0 Å². The SMILES string of the molecule is CC(C)(C(=O)NCCNc1ccccc1)S(=O)(=O)c1ccc(C(F)(F)F)cn1. The van der Waals surface area contributed by atoms with Crippen molar-refractivity contribution >= 4 is 21.4 Å². The number of hydrogen-bond acceptors (Lipinski definition) is 5. The second kappa shape index (κ2) is 8.17. The van der Waals surface area contributed by atoms with E-state index in [2.05, 4.69) is 15.6 Å². The number of nitrogens with zero attached hydrogens (tertiary/aromatic N) is 1. The van der Waals surface area contributed by atoms with E-state index in [1.807, 2.05) is 30.3 Å². The van der Waals surface area contributed by atoms with Crippen molar-refractivity contribution in [3.05, 3.63) is 54.2 Å². The zero-order valence-corrected chi connectivity index (χ0v) is 16.1. The predicted octanol–water partition coefficient (Wildman–Crippen LogP) is 2.88. The number of alkyl halides is 3. The third-order valence-electron chi connectivity index (χ3n) is 4.07. The van der Waals surface area contributed by atoms with E-state index < -0.39 is 37.3 Å². The van der Waals surface area contributed by atoms with Gasteiger partial charge in [0.1, 0.15) is 0 Å². The Hall–Kier alpha value is -2.62. The Morgan fingerprint density at radius 3 is 2.21 bits per heavy atom. The fourth-order valence-electron chi connectivity index (χ4n) is 2.24. The monoisotopic (exact) mass is 415 g/mol. The van der Waals surface area contributed by atoms with Crippen molar-refractivity contribution in [3.63, 3.8) is 0 Å². The summed E-state index contributed by atoms with van der Waals surface area (Å²) in [5.41, 5.74) is -0.224. The van der Waals surface area contributed by atoms with Crippen LogP contribution in [0, 0.1) is 0 Å². The van der Waals surface area contributed by atoms with Crippen LogP contribution in [0.5, 0.6) is 0 Å². The minimum absolute atomic E-state index is 0.160. The highest BCUT2D eigenvalue weighted by Gasteiger charge is 2.44. The molecule has 28 heavy (non-hydrogen) atoms. The molecule has 0 fully saturated rings. The molecule has 0 aliphatic heterocycles. The highest BCUT2D eigenvalue weighted by Crippen LogP contribution is 2.30. The van der Waals surface area contributed by atoms with Crippen LogP contribution in [0.2, 0.25) is 0 Å². The molecule has 0 spiro atoms. The van der Waals surface area contributed by atoms with E-state index in [1.54, 1.807) is 0 Å². The normalized spacial score (nSPS) is 12.5. The summed E-state index contributed by atoms with van der Waals surface area (Å²) in [5.74, 6) is -0.774. The molecule has 1 aromatic carbocycles. The summed E-state index contributed by atoms with van der Waals surface area (Å²) in [6.07, 6.45) is -4.20. The second-order valence-corrected chi connectivity index (χ2v) is 8.89. The van der Waals surface area contributed by atoms with Crippen molar-refractivity contribution in [3.8, 4) is 0 Å². The van der Waals surface area contributed by atoms with Gasteiger partial charge in [0.15, 0.2) is 9.77 Å². The van der Waals surface area contributed by atoms with Gasteiger partial charge in [0, 0.05) is 25.0 Å². The Morgan fingerprint density at radius 1 is 1.04 bits per heavy atom. The number of rotatable bonds is 7. The lowest BCUT2D eigenvalue weighted by molar-refractivity contribution is -0.137. The Kier molecular flexibility index (Phi) is 6.33. The van der Waals surface area contributed by atoms with Gasteiger partial charge in [0.05, 0.1) is 5.56 Å². The summed E-state index contributed by atoms with van der Waals surface area (Å²) < 4.78 is 61.3. The first-order chi connectivity index (χ1) is 13.0. The first kappa shape index (κ1) is 21.7. The van der Waals surface area contributed by atoms with Crippen molar-refractivity contribution < 1.29 is 26.4 Å². The van der Waals surface area contributed by atoms with Crippen LogP contribution in [0.1, 0.15) is 19.4 Å². The smallest absolute Gasteiger partial charge is 0.383 e. The lowest BCUT2D eigenvalue weighted by atomic mass is 10.2. The zero-order valence-electron chi connectivity index (χ0n) is 15.2. The molecule has 0 saturated carbocycles. The maximum Gasteiger partial charge on any atom is 0.417 e. The van der Waals surface area contributed by atoms with E-state index in [4.69, 9.17) is 0 Å². The molecule has 2 aromatic rings. The fraction of sp³-hybridized carbons (Fsp3) is 0.333. The van der Waals surface area contributed by atoms with Gasteiger partial charge in [-0.1, -0.05) is 18.2 Å². The number of carbonyl (C=O) groups excluding carboxylic acids is 1. The minimum Gasteiger partial charge on any atom is -0.383 e. The Morgan fingerprint density at radius 2 is 1.68 bits per heavy atom. The van der Waals surface area contributed by atoms with Crippen LogP contribution >= 0.6 is 0 Å². The molecular weight excluding hydrogens is 395 g/mol. The van der Waals surface area contributed by atoms with Crippen LogP contribution in [-0.4, -0.2) is 37.1 Å². The van der Waals surface area contributed by atoms with Crippen LogP contribution in [0.25, 0.3) is 0 Å². The molecule has 6 nitrogen and oxygen atoms in total. The van der Waals surface area contributed by atoms with Crippen molar-refractivity contribution in [2.45, 2.75) is 29.8 Å². The Balaban J connectivity index is 2.03. The number of carbonyl (C=O) groups is 1. The quantitative estimate of drug-likeness (QED) is 0.679. The average Bonchev–Trinajstić information content (AvgIpc) is 2.65. The number of amides is 1. The summed E-state index contributed by atoms with van der Waals surface area (Å²) in [6, 6.07) is 10.6. The third-order valence-corrected chi connectivity index (χ3v) is 6.39. The van der Waals surface area contributed by atoms with Gasteiger partial charge in [-0.15, -0.1) is 0 Å². The number of para-hydroxylation sites is 1. The molecule has 0 atom stereocenters. The predicted molar refractivity (Wildman–Crippen MR) is 98.4 cm³/mol. The molecule has 0 unspecified atom stereocenters. The number of aromatic nitrogens is 1. The zero-order chi connectivity index (χ0) is 21.0. The van der Waals surface area contributed by atoms with Gasteiger partial charge in [0.2, 0.25) is 15.7 Å². The number of anilines is 1. The first-order valence-electron chi connectivity index (χ1n) is 8.31. The van der Waals surface area contributed by atoms with E-state index in [0.717, 1.165) is 11.8 Å². The van der Waals surface area contributed by atoms with E-state index in [9.17, 15) is 26.4 Å².